The molecule has 4 rings (SSSR count). The second kappa shape index (κ2) is 7.19. The summed E-state index contributed by atoms with van der Waals surface area (Å²) < 4.78 is 29.5. The predicted octanol–water partition coefficient (Wildman–Crippen LogP) is 5.46. The molecule has 0 saturated heterocycles. The maximum atomic E-state index is 14.5. The molecule has 1 aliphatic carbocycles. The van der Waals surface area contributed by atoms with Crippen LogP contribution in [0.15, 0.2) is 72.8 Å². The van der Waals surface area contributed by atoms with Gasteiger partial charge in [0.2, 0.25) is 0 Å². The number of para-hydroxylation sites is 1. The van der Waals surface area contributed by atoms with Crippen LogP contribution in [-0.4, -0.2) is 14.7 Å². The minimum absolute atomic E-state index is 0.0858. The topological polar surface area (TPSA) is 61.0 Å². The Balaban J connectivity index is 1.91. The van der Waals surface area contributed by atoms with Crippen molar-refractivity contribution in [2.45, 2.75) is 12.5 Å². The summed E-state index contributed by atoms with van der Waals surface area (Å²) in [4.78, 5) is 10.9. The summed E-state index contributed by atoms with van der Waals surface area (Å²) in [5, 5.41) is 16.0. The van der Waals surface area contributed by atoms with Crippen molar-refractivity contribution in [2.75, 3.05) is 0 Å². The maximum absolute atomic E-state index is 14.5. The molecule has 0 amide bonds. The van der Waals surface area contributed by atoms with Gasteiger partial charge in [-0.1, -0.05) is 36.4 Å². The molecule has 5 nitrogen and oxygen atoms in total. The largest absolute Gasteiger partial charge is 0.278 e. The number of nitro groups is 1. The van der Waals surface area contributed by atoms with Crippen LogP contribution in [0.3, 0.4) is 0 Å². The van der Waals surface area contributed by atoms with Gasteiger partial charge < -0.3 is 0 Å². The number of allylic oxidation sites excluding steroid dienone is 4. The Labute approximate surface area is 159 Å². The van der Waals surface area contributed by atoms with Gasteiger partial charge in [0.05, 0.1) is 27.9 Å². The van der Waals surface area contributed by atoms with Crippen molar-refractivity contribution >= 4 is 5.69 Å². The highest BCUT2D eigenvalue weighted by molar-refractivity contribution is 5.75. The third kappa shape index (κ3) is 3.22. The minimum atomic E-state index is -0.717. The molecule has 1 unspecified atom stereocenters. The molecular formula is C21H15F2N3O2. The van der Waals surface area contributed by atoms with Crippen LogP contribution in [0, 0.1) is 21.7 Å². The van der Waals surface area contributed by atoms with Crippen LogP contribution < -0.4 is 0 Å². The molecule has 1 atom stereocenters. The monoisotopic (exact) mass is 379 g/mol. The minimum Gasteiger partial charge on any atom is -0.258 e. The normalized spacial score (nSPS) is 15.7. The van der Waals surface area contributed by atoms with Crippen LogP contribution in [0.5, 0.6) is 0 Å². The summed E-state index contributed by atoms with van der Waals surface area (Å²) in [7, 11) is 0. The Morgan fingerprint density at radius 1 is 1.07 bits per heavy atom. The van der Waals surface area contributed by atoms with Crippen molar-refractivity contribution in [3.63, 3.8) is 0 Å². The molecule has 1 aliphatic rings. The van der Waals surface area contributed by atoms with Gasteiger partial charge in [-0.3, -0.25) is 14.8 Å². The zero-order valence-corrected chi connectivity index (χ0v) is 14.6. The van der Waals surface area contributed by atoms with Gasteiger partial charge in [0, 0.05) is 17.7 Å². The van der Waals surface area contributed by atoms with Crippen molar-refractivity contribution in [3.8, 4) is 22.5 Å². The smallest absolute Gasteiger partial charge is 0.258 e. The highest BCUT2D eigenvalue weighted by atomic mass is 19.1. The van der Waals surface area contributed by atoms with Crippen molar-refractivity contribution in [1.82, 2.24) is 9.78 Å². The first kappa shape index (κ1) is 17.8. The van der Waals surface area contributed by atoms with Crippen molar-refractivity contribution in [1.29, 1.82) is 0 Å². The summed E-state index contributed by atoms with van der Waals surface area (Å²) in [6.07, 6.45) is 8.29. The van der Waals surface area contributed by atoms with E-state index in [4.69, 9.17) is 0 Å². The van der Waals surface area contributed by atoms with E-state index in [1.165, 1.54) is 18.2 Å². The lowest BCUT2D eigenvalue weighted by Crippen LogP contribution is -2.11. The molecule has 140 valence electrons. The average Bonchev–Trinajstić information content (AvgIpc) is 3.13. The first-order valence-corrected chi connectivity index (χ1v) is 8.66. The molecule has 1 aromatic heterocycles. The summed E-state index contributed by atoms with van der Waals surface area (Å²) in [6, 6.07) is 11.0. The van der Waals surface area contributed by atoms with E-state index < -0.39 is 16.6 Å². The summed E-state index contributed by atoms with van der Waals surface area (Å²) in [5.74, 6) is -1.39. The molecule has 0 radical (unpaired) electrons. The third-order valence-corrected chi connectivity index (χ3v) is 4.59. The van der Waals surface area contributed by atoms with E-state index in [0.717, 1.165) is 6.07 Å². The highest BCUT2D eigenvalue weighted by Gasteiger charge is 2.23. The first-order chi connectivity index (χ1) is 13.5. The molecule has 3 aromatic rings. The molecule has 0 aliphatic heterocycles. The SMILES string of the molecule is O=[N+]([O-])c1ccccc1-c1cc(-c2ccc(F)cc2F)n(C2C=CC=CC2)n1. The van der Waals surface area contributed by atoms with Crippen LogP contribution in [0.25, 0.3) is 22.5 Å². The lowest BCUT2D eigenvalue weighted by molar-refractivity contribution is -0.384. The molecule has 28 heavy (non-hydrogen) atoms. The van der Waals surface area contributed by atoms with Crippen molar-refractivity contribution in [2.24, 2.45) is 0 Å². The summed E-state index contributed by atoms with van der Waals surface area (Å²) in [6.45, 7) is 0. The lowest BCUT2D eigenvalue weighted by atomic mass is 10.1. The quantitative estimate of drug-likeness (QED) is 0.447. The number of nitrogens with zero attached hydrogens (tertiary/aromatic N) is 3. The maximum Gasteiger partial charge on any atom is 0.278 e. The molecule has 0 fully saturated rings. The van der Waals surface area contributed by atoms with Gasteiger partial charge in [0.25, 0.3) is 5.69 Å². The molecule has 0 spiro atoms. The van der Waals surface area contributed by atoms with Crippen LogP contribution in [0.4, 0.5) is 14.5 Å². The fraction of sp³-hybridized carbons (Fsp3) is 0.0952. The van der Waals surface area contributed by atoms with Crippen LogP contribution in [0.2, 0.25) is 0 Å². The Morgan fingerprint density at radius 3 is 2.61 bits per heavy atom. The lowest BCUT2D eigenvalue weighted by Gasteiger charge is -2.17. The van der Waals surface area contributed by atoms with Gasteiger partial charge in [0.15, 0.2) is 0 Å². The Kier molecular flexibility index (Phi) is 4.57. The van der Waals surface area contributed by atoms with Crippen LogP contribution in [-0.2, 0) is 0 Å². The fourth-order valence-electron chi connectivity index (χ4n) is 3.28. The molecule has 2 aromatic carbocycles. The van der Waals surface area contributed by atoms with E-state index in [2.05, 4.69) is 5.10 Å². The average molecular weight is 379 g/mol. The van der Waals surface area contributed by atoms with Crippen LogP contribution in [0.1, 0.15) is 12.5 Å². The van der Waals surface area contributed by atoms with Crippen molar-refractivity contribution in [3.05, 3.63) is 94.6 Å². The van der Waals surface area contributed by atoms with Crippen LogP contribution >= 0.6 is 0 Å². The van der Waals surface area contributed by atoms with Crippen molar-refractivity contribution < 1.29 is 13.7 Å². The molecule has 0 N–H and O–H groups in total. The van der Waals surface area contributed by atoms with Gasteiger partial charge in [-0.25, -0.2) is 8.78 Å². The Bertz CT molecular complexity index is 1120. The fourth-order valence-corrected chi connectivity index (χ4v) is 3.28. The second-order valence-corrected chi connectivity index (χ2v) is 6.37. The second-order valence-electron chi connectivity index (χ2n) is 6.37. The standard InChI is InChI=1S/C21H15F2N3O2/c22-14-10-11-16(18(23)12-14)21-13-19(17-8-4-5-9-20(17)26(27)28)24-25(21)15-6-2-1-3-7-15/h1-6,8-13,15H,7H2. The third-order valence-electron chi connectivity index (χ3n) is 4.59. The van der Waals surface area contributed by atoms with E-state index in [9.17, 15) is 18.9 Å². The number of nitro benzene ring substituents is 1. The number of benzene rings is 2. The van der Waals surface area contributed by atoms with Gasteiger partial charge in [-0.05, 0) is 30.7 Å². The zero-order valence-electron chi connectivity index (χ0n) is 14.6. The number of aromatic nitrogens is 2. The van der Waals surface area contributed by atoms with E-state index >= 15 is 0 Å². The van der Waals surface area contributed by atoms with Gasteiger partial charge in [-0.15, -0.1) is 0 Å². The molecule has 0 saturated carbocycles. The number of rotatable bonds is 4. The van der Waals surface area contributed by atoms with E-state index in [-0.39, 0.29) is 17.3 Å². The molecule has 0 bridgehead atoms. The summed E-state index contributed by atoms with van der Waals surface area (Å²) in [5.41, 5.74) is 1.22. The van der Waals surface area contributed by atoms with E-state index in [1.807, 2.05) is 24.3 Å². The van der Waals surface area contributed by atoms with E-state index in [0.29, 0.717) is 23.4 Å². The first-order valence-electron chi connectivity index (χ1n) is 8.66. The number of halogens is 2. The molecule has 7 heteroatoms. The Hall–Kier alpha value is -3.61. The Morgan fingerprint density at radius 2 is 1.89 bits per heavy atom. The number of hydrogen-bond acceptors (Lipinski definition) is 3. The van der Waals surface area contributed by atoms with E-state index in [1.54, 1.807) is 28.9 Å². The van der Waals surface area contributed by atoms with Gasteiger partial charge in [0.1, 0.15) is 11.6 Å². The molecule has 1 heterocycles. The van der Waals surface area contributed by atoms with Gasteiger partial charge in [-0.2, -0.15) is 5.10 Å². The number of hydrogen-bond donors (Lipinski definition) is 0. The zero-order chi connectivity index (χ0) is 19.7. The predicted molar refractivity (Wildman–Crippen MR) is 102 cm³/mol. The molecular weight excluding hydrogens is 364 g/mol. The highest BCUT2D eigenvalue weighted by Crippen LogP contribution is 2.35. The van der Waals surface area contributed by atoms with Gasteiger partial charge >= 0.3 is 0 Å². The summed E-state index contributed by atoms with van der Waals surface area (Å²) >= 11 is 0.